The standard InChI is InChI=1S/C15H16ClN3O/c1-9(10-3-2-4-11(17)7-10)19-12-5-6-13(15(18)20)14(16)8-12/h2-9,19H,17H2,1H3,(H2,18,20). The summed E-state index contributed by atoms with van der Waals surface area (Å²) in [5.41, 5.74) is 13.9. The Kier molecular flexibility index (Phi) is 4.15. The Hall–Kier alpha value is -2.20. The highest BCUT2D eigenvalue weighted by atomic mass is 35.5. The number of hydrogen-bond acceptors (Lipinski definition) is 3. The van der Waals surface area contributed by atoms with Crippen molar-refractivity contribution in [2.45, 2.75) is 13.0 Å². The predicted octanol–water partition coefficient (Wildman–Crippen LogP) is 3.19. The average Bonchev–Trinajstić information content (AvgIpc) is 2.38. The first-order chi connectivity index (χ1) is 9.47. The predicted molar refractivity (Wildman–Crippen MR) is 82.9 cm³/mol. The fourth-order valence-corrected chi connectivity index (χ4v) is 2.24. The van der Waals surface area contributed by atoms with E-state index in [0.717, 1.165) is 16.9 Å². The molecule has 104 valence electrons. The number of benzene rings is 2. The first kappa shape index (κ1) is 14.2. The highest BCUT2D eigenvalue weighted by molar-refractivity contribution is 6.34. The normalized spacial score (nSPS) is 11.9. The lowest BCUT2D eigenvalue weighted by molar-refractivity contribution is 0.100. The van der Waals surface area contributed by atoms with Crippen LogP contribution in [0.3, 0.4) is 0 Å². The van der Waals surface area contributed by atoms with E-state index in [0.29, 0.717) is 10.6 Å². The fraction of sp³-hybridized carbons (Fsp3) is 0.133. The van der Waals surface area contributed by atoms with Crippen LogP contribution in [0.25, 0.3) is 0 Å². The molecule has 0 fully saturated rings. The molecule has 2 aromatic rings. The van der Waals surface area contributed by atoms with Crippen LogP contribution in [0.5, 0.6) is 0 Å². The van der Waals surface area contributed by atoms with Crippen LogP contribution in [0, 0.1) is 0 Å². The number of halogens is 1. The van der Waals surface area contributed by atoms with Crippen LogP contribution in [0.2, 0.25) is 5.02 Å². The van der Waals surface area contributed by atoms with E-state index in [4.69, 9.17) is 23.1 Å². The van der Waals surface area contributed by atoms with Crippen molar-refractivity contribution in [2.75, 3.05) is 11.1 Å². The van der Waals surface area contributed by atoms with Crippen LogP contribution in [0.4, 0.5) is 11.4 Å². The maximum Gasteiger partial charge on any atom is 0.250 e. The van der Waals surface area contributed by atoms with Gasteiger partial charge >= 0.3 is 0 Å². The summed E-state index contributed by atoms with van der Waals surface area (Å²) >= 11 is 6.02. The van der Waals surface area contributed by atoms with E-state index in [1.807, 2.05) is 31.2 Å². The molecule has 0 spiro atoms. The van der Waals surface area contributed by atoms with Crippen LogP contribution >= 0.6 is 11.6 Å². The van der Waals surface area contributed by atoms with Crippen molar-refractivity contribution in [1.82, 2.24) is 0 Å². The first-order valence-electron chi connectivity index (χ1n) is 6.18. The van der Waals surface area contributed by atoms with Gasteiger partial charge in [0.25, 0.3) is 0 Å². The second-order valence-electron chi connectivity index (χ2n) is 4.60. The molecule has 2 rings (SSSR count). The molecule has 0 bridgehead atoms. The molecule has 0 aliphatic rings. The van der Waals surface area contributed by atoms with Gasteiger partial charge in [0.15, 0.2) is 0 Å². The molecule has 20 heavy (non-hydrogen) atoms. The summed E-state index contributed by atoms with van der Waals surface area (Å²) in [7, 11) is 0. The lowest BCUT2D eigenvalue weighted by atomic mass is 10.1. The molecule has 0 saturated heterocycles. The van der Waals surface area contributed by atoms with Crippen LogP contribution in [0.1, 0.15) is 28.9 Å². The van der Waals surface area contributed by atoms with Crippen LogP contribution in [-0.4, -0.2) is 5.91 Å². The van der Waals surface area contributed by atoms with Crippen molar-refractivity contribution in [2.24, 2.45) is 5.73 Å². The number of nitrogen functional groups attached to an aromatic ring is 1. The van der Waals surface area contributed by atoms with E-state index in [2.05, 4.69) is 5.32 Å². The summed E-state index contributed by atoms with van der Waals surface area (Å²) in [6, 6.07) is 12.8. The summed E-state index contributed by atoms with van der Waals surface area (Å²) in [6.45, 7) is 2.02. The topological polar surface area (TPSA) is 81.1 Å². The maximum absolute atomic E-state index is 11.1. The molecule has 1 unspecified atom stereocenters. The first-order valence-corrected chi connectivity index (χ1v) is 6.56. The van der Waals surface area contributed by atoms with Gasteiger partial charge in [-0.2, -0.15) is 0 Å². The van der Waals surface area contributed by atoms with Crippen LogP contribution in [-0.2, 0) is 0 Å². The van der Waals surface area contributed by atoms with Gasteiger partial charge in [-0.1, -0.05) is 23.7 Å². The third-order valence-corrected chi connectivity index (χ3v) is 3.34. The number of nitrogens with one attached hydrogen (secondary N) is 1. The number of carbonyl (C=O) groups is 1. The summed E-state index contributed by atoms with van der Waals surface area (Å²) < 4.78 is 0. The molecule has 0 saturated carbocycles. The van der Waals surface area contributed by atoms with Crippen molar-refractivity contribution in [3.8, 4) is 0 Å². The zero-order chi connectivity index (χ0) is 14.7. The lowest BCUT2D eigenvalue weighted by Gasteiger charge is -2.16. The molecular formula is C15H16ClN3O. The molecule has 1 atom stereocenters. The molecule has 0 aliphatic heterocycles. The van der Waals surface area contributed by atoms with Crippen LogP contribution in [0.15, 0.2) is 42.5 Å². The second kappa shape index (κ2) is 5.84. The van der Waals surface area contributed by atoms with Gasteiger partial charge in [0.05, 0.1) is 10.6 Å². The summed E-state index contributed by atoms with van der Waals surface area (Å²) in [6.07, 6.45) is 0. The number of hydrogen-bond donors (Lipinski definition) is 3. The Balaban J connectivity index is 2.18. The van der Waals surface area contributed by atoms with Gasteiger partial charge in [-0.3, -0.25) is 4.79 Å². The Morgan fingerprint density at radius 3 is 2.60 bits per heavy atom. The van der Waals surface area contributed by atoms with E-state index in [-0.39, 0.29) is 6.04 Å². The molecule has 5 heteroatoms. The summed E-state index contributed by atoms with van der Waals surface area (Å²) in [5, 5.41) is 3.64. The number of amides is 1. The second-order valence-corrected chi connectivity index (χ2v) is 5.00. The minimum Gasteiger partial charge on any atom is -0.399 e. The van der Waals surface area contributed by atoms with Crippen molar-refractivity contribution in [3.63, 3.8) is 0 Å². The number of nitrogens with two attached hydrogens (primary N) is 2. The minimum atomic E-state index is -0.537. The van der Waals surface area contributed by atoms with E-state index in [1.165, 1.54) is 0 Å². The van der Waals surface area contributed by atoms with Crippen LogP contribution < -0.4 is 16.8 Å². The Morgan fingerprint density at radius 2 is 2.00 bits per heavy atom. The van der Waals surface area contributed by atoms with E-state index < -0.39 is 5.91 Å². The average molecular weight is 290 g/mol. The number of carbonyl (C=O) groups excluding carboxylic acids is 1. The van der Waals surface area contributed by atoms with Gasteiger partial charge < -0.3 is 16.8 Å². The summed E-state index contributed by atoms with van der Waals surface area (Å²) in [4.78, 5) is 11.1. The third-order valence-electron chi connectivity index (χ3n) is 3.03. The van der Waals surface area contributed by atoms with Crippen molar-refractivity contribution < 1.29 is 4.79 Å². The molecule has 1 amide bonds. The molecule has 4 nitrogen and oxygen atoms in total. The number of anilines is 2. The van der Waals surface area contributed by atoms with E-state index in [9.17, 15) is 4.79 Å². The Labute approximate surface area is 122 Å². The molecular weight excluding hydrogens is 274 g/mol. The monoisotopic (exact) mass is 289 g/mol. The van der Waals surface area contributed by atoms with Gasteiger partial charge in [-0.25, -0.2) is 0 Å². The zero-order valence-corrected chi connectivity index (χ0v) is 11.8. The molecule has 0 aliphatic carbocycles. The number of primary amides is 1. The van der Waals surface area contributed by atoms with Gasteiger partial charge in [-0.15, -0.1) is 0 Å². The quantitative estimate of drug-likeness (QED) is 0.756. The van der Waals surface area contributed by atoms with Crippen molar-refractivity contribution in [1.29, 1.82) is 0 Å². The molecule has 2 aromatic carbocycles. The molecule has 0 radical (unpaired) electrons. The molecule has 5 N–H and O–H groups in total. The van der Waals surface area contributed by atoms with E-state index in [1.54, 1.807) is 18.2 Å². The zero-order valence-electron chi connectivity index (χ0n) is 11.1. The SMILES string of the molecule is CC(Nc1ccc(C(N)=O)c(Cl)c1)c1cccc(N)c1. The van der Waals surface area contributed by atoms with Gasteiger partial charge in [-0.05, 0) is 42.8 Å². The van der Waals surface area contributed by atoms with Gasteiger partial charge in [0, 0.05) is 17.4 Å². The minimum absolute atomic E-state index is 0.0639. The Bertz CT molecular complexity index is 643. The maximum atomic E-state index is 11.1. The highest BCUT2D eigenvalue weighted by Crippen LogP contribution is 2.25. The highest BCUT2D eigenvalue weighted by Gasteiger charge is 2.09. The lowest BCUT2D eigenvalue weighted by Crippen LogP contribution is -2.12. The van der Waals surface area contributed by atoms with Crippen molar-refractivity contribution >= 4 is 28.9 Å². The summed E-state index contributed by atoms with van der Waals surface area (Å²) in [5.74, 6) is -0.537. The largest absolute Gasteiger partial charge is 0.399 e. The molecule has 0 aromatic heterocycles. The van der Waals surface area contributed by atoms with Crippen molar-refractivity contribution in [3.05, 3.63) is 58.6 Å². The van der Waals surface area contributed by atoms with Gasteiger partial charge in [0.1, 0.15) is 0 Å². The Morgan fingerprint density at radius 1 is 1.25 bits per heavy atom. The smallest absolute Gasteiger partial charge is 0.250 e. The van der Waals surface area contributed by atoms with Gasteiger partial charge in [0.2, 0.25) is 5.91 Å². The third kappa shape index (κ3) is 3.22. The molecule has 0 heterocycles. The number of rotatable bonds is 4. The van der Waals surface area contributed by atoms with E-state index >= 15 is 0 Å². The fourth-order valence-electron chi connectivity index (χ4n) is 1.97.